The van der Waals surface area contributed by atoms with Gasteiger partial charge in [-0.05, 0) is 73.7 Å². The summed E-state index contributed by atoms with van der Waals surface area (Å²) in [6.07, 6.45) is 7.59. The van der Waals surface area contributed by atoms with Gasteiger partial charge in [-0.2, -0.15) is 0 Å². The number of benzene rings is 1. The largest absolute Gasteiger partial charge is 0.493 e. The molecule has 1 aromatic carbocycles. The number of piperidine rings is 1. The van der Waals surface area contributed by atoms with Crippen molar-refractivity contribution in [1.82, 2.24) is 4.90 Å². The molecule has 1 aliphatic carbocycles. The first-order chi connectivity index (χ1) is 10.9. The lowest BCUT2D eigenvalue weighted by Crippen LogP contribution is -2.45. The summed E-state index contributed by atoms with van der Waals surface area (Å²) in [5.74, 6) is 3.92. The molecule has 1 aromatic rings. The number of nitrogens with zero attached hydrogens (tertiary/aromatic N) is 2. The van der Waals surface area contributed by atoms with Gasteiger partial charge < -0.3 is 9.64 Å². The molecule has 0 radical (unpaired) electrons. The van der Waals surface area contributed by atoms with Crippen molar-refractivity contribution in [2.24, 2.45) is 10.3 Å². The molecule has 1 atom stereocenters. The highest BCUT2D eigenvalue weighted by Gasteiger charge is 2.29. The standard InChI is InChI=1S/C18H24N2OS/c1-2-5-15-12-17(8-7-14(15)4-1)21-13-16-6-3-9-20-10-11-22-19-18(16)20/h7-8,12,16H,1-6,9-11,13H2. The molecule has 1 fully saturated rings. The van der Waals surface area contributed by atoms with Crippen LogP contribution in [-0.4, -0.2) is 36.2 Å². The molecule has 22 heavy (non-hydrogen) atoms. The van der Waals surface area contributed by atoms with E-state index in [1.165, 1.54) is 62.0 Å². The van der Waals surface area contributed by atoms with Gasteiger partial charge >= 0.3 is 0 Å². The predicted octanol–water partition coefficient (Wildman–Crippen LogP) is 3.72. The van der Waals surface area contributed by atoms with Crippen LogP contribution in [0.5, 0.6) is 5.75 Å². The lowest BCUT2D eigenvalue weighted by atomic mass is 9.92. The van der Waals surface area contributed by atoms with E-state index in [9.17, 15) is 0 Å². The second kappa shape index (κ2) is 6.53. The Labute approximate surface area is 137 Å². The number of amidine groups is 1. The van der Waals surface area contributed by atoms with Crippen molar-refractivity contribution in [3.8, 4) is 5.75 Å². The fourth-order valence-electron chi connectivity index (χ4n) is 3.81. The van der Waals surface area contributed by atoms with Gasteiger partial charge in [0.2, 0.25) is 0 Å². The van der Waals surface area contributed by atoms with E-state index in [-0.39, 0.29) is 0 Å². The third-order valence-corrected chi connectivity index (χ3v) is 5.73. The zero-order valence-electron chi connectivity index (χ0n) is 13.1. The summed E-state index contributed by atoms with van der Waals surface area (Å²) in [5.41, 5.74) is 3.02. The average molecular weight is 316 g/mol. The van der Waals surface area contributed by atoms with Crippen molar-refractivity contribution in [3.05, 3.63) is 29.3 Å². The lowest BCUT2D eigenvalue weighted by Gasteiger charge is -2.37. The van der Waals surface area contributed by atoms with Crippen molar-refractivity contribution in [1.29, 1.82) is 0 Å². The van der Waals surface area contributed by atoms with Crippen LogP contribution >= 0.6 is 11.9 Å². The zero-order valence-corrected chi connectivity index (χ0v) is 13.9. The molecule has 1 saturated heterocycles. The Morgan fingerprint density at radius 2 is 2.05 bits per heavy atom. The smallest absolute Gasteiger partial charge is 0.119 e. The lowest BCUT2D eigenvalue weighted by molar-refractivity contribution is 0.239. The van der Waals surface area contributed by atoms with Gasteiger partial charge in [-0.15, -0.1) is 0 Å². The van der Waals surface area contributed by atoms with Gasteiger partial charge in [0.15, 0.2) is 0 Å². The first-order valence-corrected chi connectivity index (χ1v) is 9.54. The summed E-state index contributed by atoms with van der Waals surface area (Å²) in [4.78, 5) is 2.46. The molecule has 1 unspecified atom stereocenters. The van der Waals surface area contributed by atoms with Crippen LogP contribution in [0.4, 0.5) is 0 Å². The van der Waals surface area contributed by atoms with Crippen LogP contribution in [0.15, 0.2) is 22.6 Å². The summed E-state index contributed by atoms with van der Waals surface area (Å²) in [6.45, 7) is 3.10. The van der Waals surface area contributed by atoms with Gasteiger partial charge in [-0.3, -0.25) is 0 Å². The normalized spacial score (nSPS) is 24.3. The van der Waals surface area contributed by atoms with E-state index in [4.69, 9.17) is 9.13 Å². The molecular weight excluding hydrogens is 292 g/mol. The number of hydrogen-bond donors (Lipinski definition) is 0. The molecule has 3 aliphatic rings. The van der Waals surface area contributed by atoms with Crippen LogP contribution in [0.1, 0.15) is 36.8 Å². The highest BCUT2D eigenvalue weighted by molar-refractivity contribution is 7.98. The molecule has 0 bridgehead atoms. The topological polar surface area (TPSA) is 24.8 Å². The third kappa shape index (κ3) is 2.98. The maximum absolute atomic E-state index is 6.14. The number of fused-ring (bicyclic) bond motifs is 2. The molecule has 0 aromatic heterocycles. The van der Waals surface area contributed by atoms with Crippen LogP contribution in [0.2, 0.25) is 0 Å². The first-order valence-electron chi connectivity index (χ1n) is 8.59. The predicted molar refractivity (Wildman–Crippen MR) is 92.8 cm³/mol. The molecular formula is C18H24N2OS. The number of ether oxygens (including phenoxy) is 1. The van der Waals surface area contributed by atoms with E-state index in [1.807, 2.05) is 0 Å². The minimum absolute atomic E-state index is 0.470. The molecule has 4 rings (SSSR count). The van der Waals surface area contributed by atoms with Gasteiger partial charge in [0.25, 0.3) is 0 Å². The van der Waals surface area contributed by atoms with Gasteiger partial charge in [0, 0.05) is 18.8 Å². The van der Waals surface area contributed by atoms with Crippen LogP contribution in [0, 0.1) is 5.92 Å². The fraction of sp³-hybridized carbons (Fsp3) is 0.611. The number of rotatable bonds is 3. The Balaban J connectivity index is 1.42. The Morgan fingerprint density at radius 3 is 3.00 bits per heavy atom. The monoisotopic (exact) mass is 316 g/mol. The second-order valence-corrected chi connectivity index (χ2v) is 7.41. The maximum Gasteiger partial charge on any atom is 0.119 e. The van der Waals surface area contributed by atoms with Crippen LogP contribution in [0.25, 0.3) is 0 Å². The van der Waals surface area contributed by atoms with E-state index in [0.717, 1.165) is 24.7 Å². The average Bonchev–Trinajstić information content (AvgIpc) is 2.60. The number of hydrogen-bond acceptors (Lipinski definition) is 4. The van der Waals surface area contributed by atoms with Crippen LogP contribution in [-0.2, 0) is 12.8 Å². The van der Waals surface area contributed by atoms with E-state index < -0.39 is 0 Å². The fourth-order valence-corrected chi connectivity index (χ4v) is 4.60. The molecule has 0 saturated carbocycles. The Bertz CT molecular complexity index is 572. The minimum atomic E-state index is 0.470. The van der Waals surface area contributed by atoms with Crippen LogP contribution in [0.3, 0.4) is 0 Å². The Morgan fingerprint density at radius 1 is 1.14 bits per heavy atom. The van der Waals surface area contributed by atoms with Crippen molar-refractivity contribution >= 4 is 17.8 Å². The Hall–Kier alpha value is -1.16. The molecule has 118 valence electrons. The van der Waals surface area contributed by atoms with E-state index in [0.29, 0.717) is 5.92 Å². The van der Waals surface area contributed by atoms with E-state index in [1.54, 1.807) is 11.9 Å². The summed E-state index contributed by atoms with van der Waals surface area (Å²) < 4.78 is 10.8. The molecule has 0 spiro atoms. The molecule has 0 amide bonds. The van der Waals surface area contributed by atoms with Crippen LogP contribution < -0.4 is 4.74 Å². The summed E-state index contributed by atoms with van der Waals surface area (Å²) in [6, 6.07) is 6.69. The van der Waals surface area contributed by atoms with Gasteiger partial charge in [-0.25, -0.2) is 4.40 Å². The quantitative estimate of drug-likeness (QED) is 0.795. The minimum Gasteiger partial charge on any atom is -0.493 e. The van der Waals surface area contributed by atoms with Gasteiger partial charge in [0.1, 0.15) is 11.6 Å². The highest BCUT2D eigenvalue weighted by atomic mass is 32.2. The molecule has 4 heteroatoms. The van der Waals surface area contributed by atoms with Crippen molar-refractivity contribution < 1.29 is 4.74 Å². The van der Waals surface area contributed by atoms with Gasteiger partial charge in [-0.1, -0.05) is 6.07 Å². The first kappa shape index (κ1) is 14.4. The molecule has 2 aliphatic heterocycles. The van der Waals surface area contributed by atoms with Crippen molar-refractivity contribution in [2.45, 2.75) is 38.5 Å². The highest BCUT2D eigenvalue weighted by Crippen LogP contribution is 2.28. The van der Waals surface area contributed by atoms with E-state index >= 15 is 0 Å². The van der Waals surface area contributed by atoms with Gasteiger partial charge in [0.05, 0.1) is 12.5 Å². The Kier molecular flexibility index (Phi) is 4.28. The SMILES string of the molecule is c1cc2c(cc1OCC1CCCN3CCSN=C13)CCCC2. The zero-order chi connectivity index (χ0) is 14.8. The summed E-state index contributed by atoms with van der Waals surface area (Å²) in [5, 5.41) is 0. The van der Waals surface area contributed by atoms with Crippen molar-refractivity contribution in [2.75, 3.05) is 25.4 Å². The molecule has 0 N–H and O–H groups in total. The van der Waals surface area contributed by atoms with E-state index in [2.05, 4.69) is 23.1 Å². The second-order valence-electron chi connectivity index (χ2n) is 6.56. The molecule has 2 heterocycles. The summed E-state index contributed by atoms with van der Waals surface area (Å²) >= 11 is 1.72. The van der Waals surface area contributed by atoms with Crippen molar-refractivity contribution in [3.63, 3.8) is 0 Å². The molecule has 3 nitrogen and oxygen atoms in total. The maximum atomic E-state index is 6.14. The number of aryl methyl sites for hydroxylation is 2. The third-order valence-electron chi connectivity index (χ3n) is 5.05. The summed E-state index contributed by atoms with van der Waals surface area (Å²) in [7, 11) is 0.